The summed E-state index contributed by atoms with van der Waals surface area (Å²) < 4.78 is 28.3. The largest absolute Gasteiger partial charge is 0.290 e. The van der Waals surface area contributed by atoms with E-state index in [1.54, 1.807) is 0 Å². The molecule has 0 aromatic carbocycles. The molecule has 2 N–H and O–H groups in total. The molecule has 0 unspecified atom stereocenters. The number of nitrogens with one attached hydrogen (secondary N) is 2. The second kappa shape index (κ2) is 6.91. The molecule has 1 heterocycles. The summed E-state index contributed by atoms with van der Waals surface area (Å²) in [5, 5.41) is 8.55. The van der Waals surface area contributed by atoms with Crippen molar-refractivity contribution in [1.29, 1.82) is 5.26 Å². The quantitative estimate of drug-likeness (QED) is 0.648. The van der Waals surface area contributed by atoms with Crippen molar-refractivity contribution in [2.24, 2.45) is 0 Å². The number of nitriles is 1. The third kappa shape index (κ3) is 5.46. The summed E-state index contributed by atoms with van der Waals surface area (Å²) in [7, 11) is -3.36. The summed E-state index contributed by atoms with van der Waals surface area (Å²) in [6, 6.07) is 2.09. The molecular formula is C10H20N4O2S. The van der Waals surface area contributed by atoms with E-state index in [2.05, 4.69) is 15.5 Å². The van der Waals surface area contributed by atoms with Crippen molar-refractivity contribution in [2.45, 2.75) is 32.2 Å². The van der Waals surface area contributed by atoms with Crippen molar-refractivity contribution >= 4 is 10.2 Å². The minimum atomic E-state index is -3.36. The standard InChI is InChI=1S/C10H20N4O2S/c1-2-6-12-17(15,16)13-10-3-7-14(8-4-10)9-5-11/h10,12-13H,2-4,6-9H2,1H3. The molecule has 0 aromatic heterocycles. The molecule has 1 rings (SSSR count). The van der Waals surface area contributed by atoms with Crippen LogP contribution in [-0.2, 0) is 10.2 Å². The average Bonchev–Trinajstić information content (AvgIpc) is 2.29. The molecule has 0 atom stereocenters. The Bertz CT molecular complexity index is 355. The van der Waals surface area contributed by atoms with Gasteiger partial charge in [0.15, 0.2) is 0 Å². The van der Waals surface area contributed by atoms with E-state index in [4.69, 9.17) is 5.26 Å². The molecule has 0 saturated carbocycles. The predicted octanol–water partition coefficient (Wildman–Crippen LogP) is -0.192. The SMILES string of the molecule is CCCNS(=O)(=O)NC1CCN(CC#N)CC1. The highest BCUT2D eigenvalue weighted by molar-refractivity contribution is 7.87. The second-order valence-electron chi connectivity index (χ2n) is 4.22. The van der Waals surface area contributed by atoms with Crippen molar-refractivity contribution in [2.75, 3.05) is 26.2 Å². The number of hydrogen-bond acceptors (Lipinski definition) is 4. The van der Waals surface area contributed by atoms with Gasteiger partial charge in [-0.3, -0.25) is 4.90 Å². The molecular weight excluding hydrogens is 240 g/mol. The van der Waals surface area contributed by atoms with Gasteiger partial charge in [0.25, 0.3) is 10.2 Å². The van der Waals surface area contributed by atoms with Crippen LogP contribution < -0.4 is 9.44 Å². The summed E-state index contributed by atoms with van der Waals surface area (Å²) in [6.45, 7) is 4.35. The average molecular weight is 260 g/mol. The maximum absolute atomic E-state index is 11.6. The first-order valence-electron chi connectivity index (χ1n) is 5.93. The lowest BCUT2D eigenvalue weighted by Gasteiger charge is -2.30. The number of piperidine rings is 1. The van der Waals surface area contributed by atoms with Gasteiger partial charge in [0, 0.05) is 25.7 Å². The fourth-order valence-electron chi connectivity index (χ4n) is 1.81. The zero-order valence-corrected chi connectivity index (χ0v) is 11.0. The van der Waals surface area contributed by atoms with Crippen molar-refractivity contribution in [3.63, 3.8) is 0 Å². The summed E-state index contributed by atoms with van der Waals surface area (Å²) in [4.78, 5) is 2.03. The molecule has 6 nitrogen and oxygen atoms in total. The molecule has 1 fully saturated rings. The highest BCUT2D eigenvalue weighted by Gasteiger charge is 2.22. The molecule has 0 aliphatic carbocycles. The van der Waals surface area contributed by atoms with Crippen LogP contribution in [0.5, 0.6) is 0 Å². The Kier molecular flexibility index (Phi) is 5.85. The Balaban J connectivity index is 2.33. The molecule has 98 valence electrons. The van der Waals surface area contributed by atoms with Crippen LogP contribution in [-0.4, -0.2) is 45.5 Å². The van der Waals surface area contributed by atoms with E-state index < -0.39 is 10.2 Å². The van der Waals surface area contributed by atoms with Crippen molar-refractivity contribution in [3.05, 3.63) is 0 Å². The van der Waals surface area contributed by atoms with Gasteiger partial charge in [0.1, 0.15) is 0 Å². The first-order chi connectivity index (χ1) is 8.07. The van der Waals surface area contributed by atoms with Crippen LogP contribution in [0.2, 0.25) is 0 Å². The molecule has 1 aliphatic heterocycles. The number of nitrogens with zero attached hydrogens (tertiary/aromatic N) is 2. The van der Waals surface area contributed by atoms with Gasteiger partial charge in [-0.1, -0.05) is 6.92 Å². The summed E-state index contributed by atoms with van der Waals surface area (Å²) in [5.74, 6) is 0. The third-order valence-corrected chi connectivity index (χ3v) is 3.97. The lowest BCUT2D eigenvalue weighted by Crippen LogP contribution is -2.48. The molecule has 7 heteroatoms. The van der Waals surface area contributed by atoms with E-state index in [0.29, 0.717) is 13.1 Å². The van der Waals surface area contributed by atoms with Crippen molar-refractivity contribution in [1.82, 2.24) is 14.3 Å². The van der Waals surface area contributed by atoms with Crippen LogP contribution in [0, 0.1) is 11.3 Å². The van der Waals surface area contributed by atoms with Crippen molar-refractivity contribution < 1.29 is 8.42 Å². The van der Waals surface area contributed by atoms with Gasteiger partial charge in [-0.2, -0.15) is 18.4 Å². The van der Waals surface area contributed by atoms with E-state index in [9.17, 15) is 8.42 Å². The summed E-state index contributed by atoms with van der Waals surface area (Å²) in [5.41, 5.74) is 0. The predicted molar refractivity (Wildman–Crippen MR) is 65.4 cm³/mol. The zero-order chi connectivity index (χ0) is 12.7. The Labute approximate surface area is 103 Å². The smallest absolute Gasteiger partial charge is 0.277 e. The highest BCUT2D eigenvalue weighted by atomic mass is 32.2. The number of hydrogen-bond donors (Lipinski definition) is 2. The Hall–Kier alpha value is -0.680. The molecule has 1 aliphatic rings. The minimum absolute atomic E-state index is 0.0145. The zero-order valence-electron chi connectivity index (χ0n) is 10.1. The first kappa shape index (κ1) is 14.4. The van der Waals surface area contributed by atoms with Crippen molar-refractivity contribution in [3.8, 4) is 6.07 Å². The Morgan fingerprint density at radius 1 is 1.41 bits per heavy atom. The van der Waals surface area contributed by atoms with Crippen LogP contribution in [0.1, 0.15) is 26.2 Å². The summed E-state index contributed by atoms with van der Waals surface area (Å²) >= 11 is 0. The van der Waals surface area contributed by atoms with Gasteiger partial charge in [-0.15, -0.1) is 0 Å². The molecule has 1 saturated heterocycles. The van der Waals surface area contributed by atoms with Crippen LogP contribution in [0.25, 0.3) is 0 Å². The second-order valence-corrected chi connectivity index (χ2v) is 5.76. The van der Waals surface area contributed by atoms with Gasteiger partial charge in [-0.25, -0.2) is 4.72 Å². The van der Waals surface area contributed by atoms with Crippen LogP contribution >= 0.6 is 0 Å². The Morgan fingerprint density at radius 2 is 2.06 bits per heavy atom. The molecule has 0 aromatic rings. The molecule has 0 radical (unpaired) electrons. The molecule has 0 spiro atoms. The van der Waals surface area contributed by atoms with Gasteiger partial charge >= 0.3 is 0 Å². The topological polar surface area (TPSA) is 85.2 Å². The number of rotatable bonds is 6. The van der Waals surface area contributed by atoms with E-state index in [-0.39, 0.29) is 6.04 Å². The van der Waals surface area contributed by atoms with Crippen LogP contribution in [0.4, 0.5) is 0 Å². The van der Waals surface area contributed by atoms with Gasteiger partial charge < -0.3 is 0 Å². The highest BCUT2D eigenvalue weighted by Crippen LogP contribution is 2.10. The Morgan fingerprint density at radius 3 is 2.59 bits per heavy atom. The van der Waals surface area contributed by atoms with E-state index in [1.807, 2.05) is 11.8 Å². The third-order valence-electron chi connectivity index (χ3n) is 2.75. The molecule has 17 heavy (non-hydrogen) atoms. The minimum Gasteiger partial charge on any atom is -0.290 e. The summed E-state index contributed by atoms with van der Waals surface area (Å²) in [6.07, 6.45) is 2.30. The maximum Gasteiger partial charge on any atom is 0.277 e. The lowest BCUT2D eigenvalue weighted by molar-refractivity contribution is 0.228. The number of likely N-dealkylation sites (tertiary alicyclic amines) is 1. The van der Waals surface area contributed by atoms with Gasteiger partial charge in [0.2, 0.25) is 0 Å². The lowest BCUT2D eigenvalue weighted by atomic mass is 10.1. The van der Waals surface area contributed by atoms with Crippen LogP contribution in [0.3, 0.4) is 0 Å². The van der Waals surface area contributed by atoms with Crippen LogP contribution in [0.15, 0.2) is 0 Å². The fraction of sp³-hybridized carbons (Fsp3) is 0.900. The first-order valence-corrected chi connectivity index (χ1v) is 7.42. The van der Waals surface area contributed by atoms with Gasteiger partial charge in [-0.05, 0) is 19.3 Å². The fourth-order valence-corrected chi connectivity index (χ4v) is 3.04. The normalized spacial score (nSPS) is 19.1. The maximum atomic E-state index is 11.6. The molecule has 0 bridgehead atoms. The molecule has 0 amide bonds. The monoisotopic (exact) mass is 260 g/mol. The van der Waals surface area contributed by atoms with E-state index >= 15 is 0 Å². The van der Waals surface area contributed by atoms with E-state index in [1.165, 1.54) is 0 Å². The van der Waals surface area contributed by atoms with Gasteiger partial charge in [0.05, 0.1) is 12.6 Å². The van der Waals surface area contributed by atoms with E-state index in [0.717, 1.165) is 32.4 Å².